The quantitative estimate of drug-likeness (QED) is 0.384. The van der Waals surface area contributed by atoms with Crippen molar-refractivity contribution in [1.82, 2.24) is 0 Å². The maximum Gasteiger partial charge on any atom is 2.00 e. The summed E-state index contributed by atoms with van der Waals surface area (Å²) in [4.78, 5) is 0. The fourth-order valence-electron chi connectivity index (χ4n) is 0. The summed E-state index contributed by atoms with van der Waals surface area (Å²) in [5.41, 5.74) is 0. The molecule has 0 rings (SSSR count). The number of hydrogen-bond acceptors (Lipinski definition) is 0. The summed E-state index contributed by atoms with van der Waals surface area (Å²) in [5, 5.41) is 0. The average molecular weight is 362 g/mol. The molecule has 25 valence electrons. The van der Waals surface area contributed by atoms with Crippen LogP contribution in [0, 0.1) is 0 Å². The number of rotatable bonds is 0. The Labute approximate surface area is 148 Å². The Kier molecular flexibility index (Phi) is 158. The van der Waals surface area contributed by atoms with Crippen LogP contribution in [-0.2, 0) is 36.5 Å². The Morgan fingerprint density at radius 2 is 1.20 bits per heavy atom. The standard InChI is InChI=1S/Cs.Cu.Ga.Mg.Zn.6H/q+1;;;+2;;;;;3*-1. The molecule has 0 aliphatic rings. The van der Waals surface area contributed by atoms with Crippen molar-refractivity contribution in [3.8, 4) is 0 Å². The Balaban J connectivity index is 0. The second-order valence-corrected chi connectivity index (χ2v) is 0. The van der Waals surface area contributed by atoms with E-state index in [0.29, 0.717) is 0 Å². The van der Waals surface area contributed by atoms with E-state index in [4.69, 9.17) is 0 Å². The Hall–Kier alpha value is 4.60. The number of hydrogen-bond donors (Lipinski definition) is 0. The Bertz CT molecular complexity index is 19.2. The third kappa shape index (κ3) is 17.7. The first-order chi connectivity index (χ1) is 0. The molecule has 0 spiro atoms. The average Bonchev–Trinajstić information content (AvgIpc) is 0. The summed E-state index contributed by atoms with van der Waals surface area (Å²) in [6.45, 7) is 0. The van der Waals surface area contributed by atoms with Crippen molar-refractivity contribution >= 4 is 42.8 Å². The van der Waals surface area contributed by atoms with E-state index < -0.39 is 0 Å². The van der Waals surface area contributed by atoms with Crippen LogP contribution in [0.1, 0.15) is 4.28 Å². The summed E-state index contributed by atoms with van der Waals surface area (Å²) >= 11 is 0. The van der Waals surface area contributed by atoms with Crippen LogP contribution in [-0.4, -0.2) is 42.8 Å². The van der Waals surface area contributed by atoms with Gasteiger partial charge in [0.15, 0.2) is 0 Å². The van der Waals surface area contributed by atoms with Crippen LogP contribution in [0.2, 0.25) is 0 Å². The minimum atomic E-state index is 0. The fraction of sp³-hybridized carbons (Fsp3) is 0. The molecular weight excluding hydrogens is 356 g/mol. The Morgan fingerprint density at radius 3 is 1.20 bits per heavy atom. The summed E-state index contributed by atoms with van der Waals surface area (Å²) in [7, 11) is 0. The van der Waals surface area contributed by atoms with Crippen LogP contribution >= 0.6 is 0 Å². The third-order valence-electron chi connectivity index (χ3n) is 0. The van der Waals surface area contributed by atoms with Crippen molar-refractivity contribution in [2.75, 3.05) is 0 Å². The van der Waals surface area contributed by atoms with Gasteiger partial charge < -0.3 is 4.28 Å². The zero-order valence-electron chi connectivity index (χ0n) is 5.72. The zero-order valence-corrected chi connectivity index (χ0v) is 14.3. The van der Waals surface area contributed by atoms with E-state index in [9.17, 15) is 0 Å². The smallest absolute Gasteiger partial charge is 1.00 e. The normalized spacial score (nSPS) is 0. The van der Waals surface area contributed by atoms with Gasteiger partial charge in [-0.15, -0.1) is 0 Å². The zero-order chi connectivity index (χ0) is 0. The van der Waals surface area contributed by atoms with Crippen molar-refractivity contribution in [2.45, 2.75) is 0 Å². The van der Waals surface area contributed by atoms with Gasteiger partial charge in [0, 0.05) is 36.5 Å². The summed E-state index contributed by atoms with van der Waals surface area (Å²) < 4.78 is 0. The van der Waals surface area contributed by atoms with Gasteiger partial charge in [-0.3, -0.25) is 0 Å². The predicted octanol–water partition coefficient (Wildman–Crippen LogP) is -4.23. The molecule has 0 N–H and O–H groups in total. The van der Waals surface area contributed by atoms with Crippen LogP contribution in [0.4, 0.5) is 0 Å². The molecule has 0 unspecified atom stereocenters. The van der Waals surface area contributed by atoms with Gasteiger partial charge in [-0.2, -0.15) is 0 Å². The summed E-state index contributed by atoms with van der Waals surface area (Å²) in [5.74, 6) is 0. The molecule has 1 radical (unpaired) electrons. The van der Waals surface area contributed by atoms with Gasteiger partial charge in [0.25, 0.3) is 0 Å². The second-order valence-electron chi connectivity index (χ2n) is 0. The van der Waals surface area contributed by atoms with Crippen LogP contribution in [0.3, 0.4) is 0 Å². The van der Waals surface area contributed by atoms with Gasteiger partial charge >= 0.3 is 112 Å². The maximum absolute atomic E-state index is 0. The minimum Gasteiger partial charge on any atom is -1.00 e. The van der Waals surface area contributed by atoms with Gasteiger partial charge in [-0.05, 0) is 0 Å². The van der Waals surface area contributed by atoms with Crippen molar-refractivity contribution < 1.29 is 110 Å². The van der Waals surface area contributed by atoms with E-state index in [1.54, 1.807) is 0 Å². The molecule has 0 aromatic rings. The first-order valence-electron chi connectivity index (χ1n) is 0. The maximum atomic E-state index is 0. The molecule has 0 heterocycles. The monoisotopic (exact) mass is 359 g/mol. The second kappa shape index (κ2) is 23.5. The molecule has 0 nitrogen and oxygen atoms in total. The first kappa shape index (κ1) is 33.6. The van der Waals surface area contributed by atoms with E-state index in [0.717, 1.165) is 0 Å². The molecule has 0 aliphatic heterocycles. The minimum absolute atomic E-state index is 0. The van der Waals surface area contributed by atoms with Gasteiger partial charge in [0.1, 0.15) is 0 Å². The van der Waals surface area contributed by atoms with E-state index in [1.807, 2.05) is 0 Å². The van der Waals surface area contributed by atoms with Crippen molar-refractivity contribution in [1.29, 1.82) is 0 Å². The predicted molar refractivity (Wildman–Crippen MR) is 19.0 cm³/mol. The van der Waals surface area contributed by atoms with Crippen molar-refractivity contribution in [3.05, 3.63) is 0 Å². The van der Waals surface area contributed by atoms with Gasteiger partial charge in [0.2, 0.25) is 0 Å². The molecule has 0 aromatic heterocycles. The van der Waals surface area contributed by atoms with E-state index in [2.05, 4.69) is 0 Å². The van der Waals surface area contributed by atoms with Crippen LogP contribution < -0.4 is 68.9 Å². The summed E-state index contributed by atoms with van der Waals surface area (Å²) in [6, 6.07) is 0. The van der Waals surface area contributed by atoms with Gasteiger partial charge in [-0.1, -0.05) is 0 Å². The molecule has 0 amide bonds. The molecule has 0 saturated heterocycles. The summed E-state index contributed by atoms with van der Waals surface area (Å²) in [6.07, 6.45) is 0. The fourth-order valence-corrected chi connectivity index (χ4v) is 0. The molecule has 0 saturated carbocycles. The topological polar surface area (TPSA) is 0 Å². The third-order valence-corrected chi connectivity index (χ3v) is 0. The van der Waals surface area contributed by atoms with E-state index >= 15 is 0 Å². The van der Waals surface area contributed by atoms with Crippen LogP contribution in [0.5, 0.6) is 0 Å². The molecule has 0 bridgehead atoms. The van der Waals surface area contributed by atoms with Gasteiger partial charge in [0.05, 0.1) is 0 Å². The molecule has 5 heteroatoms. The molecule has 0 aromatic carbocycles. The molecule has 0 aliphatic carbocycles. The molecule has 5 heavy (non-hydrogen) atoms. The van der Waals surface area contributed by atoms with E-state index in [-0.39, 0.29) is 153 Å². The van der Waals surface area contributed by atoms with Crippen molar-refractivity contribution in [2.24, 2.45) is 0 Å². The largest absolute Gasteiger partial charge is 2.00 e. The van der Waals surface area contributed by atoms with Crippen LogP contribution in [0.15, 0.2) is 0 Å². The van der Waals surface area contributed by atoms with Crippen LogP contribution in [0.25, 0.3) is 0 Å². The van der Waals surface area contributed by atoms with Crippen molar-refractivity contribution in [3.63, 3.8) is 0 Å². The molecule has 0 atom stereocenters. The molecular formula is H6CsCuGaMgZn. The Morgan fingerprint density at radius 1 is 1.20 bits per heavy atom. The molecule has 0 fully saturated rings. The van der Waals surface area contributed by atoms with Gasteiger partial charge in [-0.25, -0.2) is 0 Å². The SMILES string of the molecule is [Cs+].[Cu].[GaH3].[H-].[H-].[H-].[Mg+2].[Zn]. The van der Waals surface area contributed by atoms with E-state index in [1.165, 1.54) is 0 Å². The first-order valence-corrected chi connectivity index (χ1v) is 0.